The fourth-order valence-electron chi connectivity index (χ4n) is 2.97. The van der Waals surface area contributed by atoms with Crippen molar-refractivity contribution in [2.45, 2.75) is 5.92 Å². The van der Waals surface area contributed by atoms with Crippen LogP contribution in [0, 0.1) is 10.1 Å². The third kappa shape index (κ3) is 3.30. The van der Waals surface area contributed by atoms with Gasteiger partial charge in [-0.2, -0.15) is 0 Å². The van der Waals surface area contributed by atoms with Crippen LogP contribution in [0.5, 0.6) is 11.5 Å². The lowest BCUT2D eigenvalue weighted by atomic mass is 9.89. The monoisotopic (exact) mass is 355 g/mol. The number of hydrogen-bond donors (Lipinski definition) is 3. The molecular weight excluding hydrogens is 338 g/mol. The average molecular weight is 355 g/mol. The van der Waals surface area contributed by atoms with Crippen molar-refractivity contribution in [3.63, 3.8) is 0 Å². The number of methoxy groups -OCH3 is 1. The molecule has 0 saturated heterocycles. The number of hydrogen-bond acceptors (Lipinski definition) is 5. The number of phenolic OH excluding ortho intramolecular Hbond substituents is 1. The van der Waals surface area contributed by atoms with Gasteiger partial charge in [0.2, 0.25) is 6.54 Å². The van der Waals surface area contributed by atoms with Gasteiger partial charge in [0.15, 0.2) is 0 Å². The van der Waals surface area contributed by atoms with Gasteiger partial charge in [0.25, 0.3) is 5.56 Å². The first-order valence-electron chi connectivity index (χ1n) is 7.86. The van der Waals surface area contributed by atoms with Crippen molar-refractivity contribution in [1.82, 2.24) is 10.2 Å². The largest absolute Gasteiger partial charge is 0.507 e. The van der Waals surface area contributed by atoms with Crippen LogP contribution in [0.3, 0.4) is 0 Å². The fraction of sp³-hybridized carbons (Fsp3) is 0.167. The first-order chi connectivity index (χ1) is 12.5. The number of phenols is 1. The molecule has 26 heavy (non-hydrogen) atoms. The molecule has 0 spiro atoms. The van der Waals surface area contributed by atoms with Crippen LogP contribution in [-0.2, 0) is 0 Å². The minimum absolute atomic E-state index is 0.0329. The van der Waals surface area contributed by atoms with Crippen molar-refractivity contribution in [3.8, 4) is 22.8 Å². The molecule has 8 heteroatoms. The van der Waals surface area contributed by atoms with E-state index in [0.717, 1.165) is 0 Å². The van der Waals surface area contributed by atoms with E-state index in [1.165, 1.54) is 13.2 Å². The van der Waals surface area contributed by atoms with Gasteiger partial charge in [-0.3, -0.25) is 25.1 Å². The van der Waals surface area contributed by atoms with E-state index in [-0.39, 0.29) is 11.3 Å². The van der Waals surface area contributed by atoms with E-state index < -0.39 is 22.9 Å². The number of aromatic nitrogens is 2. The van der Waals surface area contributed by atoms with E-state index in [2.05, 4.69) is 10.2 Å². The fourth-order valence-corrected chi connectivity index (χ4v) is 2.97. The third-order valence-corrected chi connectivity index (χ3v) is 4.16. The van der Waals surface area contributed by atoms with E-state index in [1.54, 1.807) is 42.5 Å². The second-order valence-corrected chi connectivity index (χ2v) is 5.73. The Hall–Kier alpha value is -3.55. The molecule has 0 aliphatic heterocycles. The van der Waals surface area contributed by atoms with E-state index in [0.29, 0.717) is 22.6 Å². The van der Waals surface area contributed by atoms with Gasteiger partial charge in [-0.05, 0) is 29.8 Å². The highest BCUT2D eigenvalue weighted by atomic mass is 16.6. The standard InChI is InChI=1S/C18H17N3O5/c1-26-12-6-4-5-11(9-12)14(10-21(24)25)16-17(19-20-18(16)23)13-7-2-3-8-15(13)22/h2-9,14,22H,10H2,1H3,(H2,19,20,23). The number of aromatic hydroxyl groups is 1. The highest BCUT2D eigenvalue weighted by Crippen LogP contribution is 2.35. The number of ether oxygens (including phenoxy) is 1. The number of benzene rings is 2. The zero-order valence-electron chi connectivity index (χ0n) is 13.9. The van der Waals surface area contributed by atoms with E-state index in [4.69, 9.17) is 4.74 Å². The first-order valence-corrected chi connectivity index (χ1v) is 7.86. The minimum atomic E-state index is -0.815. The molecule has 1 atom stereocenters. The van der Waals surface area contributed by atoms with Crippen molar-refractivity contribution in [2.75, 3.05) is 13.7 Å². The van der Waals surface area contributed by atoms with Gasteiger partial charge >= 0.3 is 0 Å². The molecule has 1 heterocycles. The highest BCUT2D eigenvalue weighted by molar-refractivity contribution is 5.70. The molecule has 0 aliphatic carbocycles. The van der Waals surface area contributed by atoms with Crippen molar-refractivity contribution in [3.05, 3.63) is 80.1 Å². The van der Waals surface area contributed by atoms with E-state index in [9.17, 15) is 20.0 Å². The molecule has 0 bridgehead atoms. The van der Waals surface area contributed by atoms with Crippen LogP contribution in [0.25, 0.3) is 11.3 Å². The van der Waals surface area contributed by atoms with Crippen LogP contribution in [0.2, 0.25) is 0 Å². The molecule has 134 valence electrons. The van der Waals surface area contributed by atoms with Crippen LogP contribution in [0.1, 0.15) is 17.0 Å². The lowest BCUT2D eigenvalue weighted by Crippen LogP contribution is -2.20. The van der Waals surface area contributed by atoms with Crippen molar-refractivity contribution in [1.29, 1.82) is 0 Å². The summed E-state index contributed by atoms with van der Waals surface area (Å²) < 4.78 is 5.19. The second-order valence-electron chi connectivity index (χ2n) is 5.73. The SMILES string of the molecule is COc1cccc(C(C[N+](=O)[O-])c2c(-c3ccccc3O)[nH][nH]c2=O)c1. The predicted octanol–water partition coefficient (Wildman–Crippen LogP) is 2.49. The number of nitrogens with zero attached hydrogens (tertiary/aromatic N) is 1. The van der Waals surface area contributed by atoms with E-state index in [1.807, 2.05) is 0 Å². The van der Waals surface area contributed by atoms with Gasteiger partial charge in [0.05, 0.1) is 24.3 Å². The molecule has 0 saturated carbocycles. The molecule has 1 aromatic heterocycles. The molecule has 0 amide bonds. The maximum Gasteiger partial charge on any atom is 0.268 e. The third-order valence-electron chi connectivity index (χ3n) is 4.16. The molecule has 2 aromatic carbocycles. The summed E-state index contributed by atoms with van der Waals surface area (Å²) >= 11 is 0. The summed E-state index contributed by atoms with van der Waals surface area (Å²) in [6.45, 7) is -0.477. The Morgan fingerprint density at radius 1 is 1.19 bits per heavy atom. The summed E-state index contributed by atoms with van der Waals surface area (Å²) in [6.07, 6.45) is 0. The van der Waals surface area contributed by atoms with Crippen LogP contribution < -0.4 is 10.3 Å². The van der Waals surface area contributed by atoms with Crippen LogP contribution in [-0.4, -0.2) is 33.9 Å². The number of nitrogens with one attached hydrogen (secondary N) is 2. The number of para-hydroxylation sites is 1. The lowest BCUT2D eigenvalue weighted by molar-refractivity contribution is -0.481. The smallest absolute Gasteiger partial charge is 0.268 e. The van der Waals surface area contributed by atoms with Crippen LogP contribution in [0.15, 0.2) is 53.3 Å². The molecule has 1 unspecified atom stereocenters. The maximum atomic E-state index is 12.5. The first kappa shape index (κ1) is 17.3. The Labute approximate surface area is 148 Å². The lowest BCUT2D eigenvalue weighted by Gasteiger charge is -2.15. The van der Waals surface area contributed by atoms with Gasteiger partial charge in [-0.1, -0.05) is 24.3 Å². The average Bonchev–Trinajstić information content (AvgIpc) is 3.01. The molecule has 3 aromatic rings. The van der Waals surface area contributed by atoms with Gasteiger partial charge < -0.3 is 9.84 Å². The number of nitro groups is 1. The topological polar surface area (TPSA) is 121 Å². The number of aromatic amines is 2. The van der Waals surface area contributed by atoms with Crippen molar-refractivity contribution < 1.29 is 14.8 Å². The summed E-state index contributed by atoms with van der Waals surface area (Å²) in [5, 5.41) is 26.6. The molecule has 3 N–H and O–H groups in total. The Morgan fingerprint density at radius 3 is 2.65 bits per heavy atom. The van der Waals surface area contributed by atoms with Crippen LogP contribution >= 0.6 is 0 Å². The van der Waals surface area contributed by atoms with Gasteiger partial charge in [-0.15, -0.1) is 0 Å². The van der Waals surface area contributed by atoms with Crippen molar-refractivity contribution >= 4 is 0 Å². The van der Waals surface area contributed by atoms with Crippen molar-refractivity contribution in [2.24, 2.45) is 0 Å². The number of H-pyrrole nitrogens is 2. The maximum absolute atomic E-state index is 12.5. The van der Waals surface area contributed by atoms with Gasteiger partial charge in [0, 0.05) is 10.5 Å². The summed E-state index contributed by atoms with van der Waals surface area (Å²) in [4.78, 5) is 23.2. The second kappa shape index (κ2) is 7.14. The molecule has 0 aliphatic rings. The zero-order valence-corrected chi connectivity index (χ0v) is 13.9. The molecular formula is C18H17N3O5. The van der Waals surface area contributed by atoms with Gasteiger partial charge in [0.1, 0.15) is 11.5 Å². The van der Waals surface area contributed by atoms with Crippen LogP contribution in [0.4, 0.5) is 0 Å². The summed E-state index contributed by atoms with van der Waals surface area (Å²) in [5.74, 6) is -0.314. The summed E-state index contributed by atoms with van der Waals surface area (Å²) in [5.41, 5.74) is 0.997. The normalized spacial score (nSPS) is 11.9. The number of rotatable bonds is 6. The molecule has 0 fully saturated rings. The Balaban J connectivity index is 2.19. The summed E-state index contributed by atoms with van der Waals surface area (Å²) in [6, 6.07) is 13.3. The Kier molecular flexibility index (Phi) is 4.74. The Bertz CT molecular complexity index is 992. The quantitative estimate of drug-likeness (QED) is 0.463. The van der Waals surface area contributed by atoms with Gasteiger partial charge in [-0.25, -0.2) is 0 Å². The molecule has 0 radical (unpaired) electrons. The molecule has 3 rings (SSSR count). The Morgan fingerprint density at radius 2 is 1.96 bits per heavy atom. The van der Waals surface area contributed by atoms with E-state index >= 15 is 0 Å². The zero-order chi connectivity index (χ0) is 18.7. The highest BCUT2D eigenvalue weighted by Gasteiger charge is 2.29. The predicted molar refractivity (Wildman–Crippen MR) is 95.2 cm³/mol. The summed E-state index contributed by atoms with van der Waals surface area (Å²) in [7, 11) is 1.50. The molecule has 8 nitrogen and oxygen atoms in total. The minimum Gasteiger partial charge on any atom is -0.507 e.